The molecular formula is C17H24O4Si. The zero-order valence-corrected chi connectivity index (χ0v) is 14.8. The molecule has 1 aliphatic rings. The van der Waals surface area contributed by atoms with Gasteiger partial charge in [-0.15, -0.1) is 6.58 Å². The third-order valence-electron chi connectivity index (χ3n) is 3.90. The second-order valence-electron chi connectivity index (χ2n) is 6.86. The molecule has 0 spiro atoms. The van der Waals surface area contributed by atoms with Crippen molar-refractivity contribution in [1.29, 1.82) is 0 Å². The normalized spacial score (nSPS) is 13.7. The first-order valence-electron chi connectivity index (χ1n) is 7.54. The molecule has 0 aromatic heterocycles. The number of benzene rings is 1. The summed E-state index contributed by atoms with van der Waals surface area (Å²) in [7, 11) is -1.24. The SMILES string of the molecule is C=CCc1c(O)c(C)c2c(c1OCC[Si](C)(C)C)C(=O)OC2. The highest BCUT2D eigenvalue weighted by atomic mass is 28.3. The molecule has 5 heteroatoms. The number of hydrogen-bond donors (Lipinski definition) is 1. The van der Waals surface area contributed by atoms with E-state index in [1.807, 2.05) is 0 Å². The number of aromatic hydroxyl groups is 1. The Kier molecular flexibility index (Phi) is 4.65. The molecule has 120 valence electrons. The van der Waals surface area contributed by atoms with Crippen molar-refractivity contribution in [2.75, 3.05) is 6.61 Å². The zero-order chi connectivity index (χ0) is 16.5. The van der Waals surface area contributed by atoms with E-state index >= 15 is 0 Å². The van der Waals surface area contributed by atoms with Gasteiger partial charge in [0.25, 0.3) is 0 Å². The number of rotatable bonds is 6. The summed E-state index contributed by atoms with van der Waals surface area (Å²) >= 11 is 0. The lowest BCUT2D eigenvalue weighted by atomic mass is 9.95. The van der Waals surface area contributed by atoms with Crippen molar-refractivity contribution in [3.63, 3.8) is 0 Å². The molecule has 1 heterocycles. The lowest BCUT2D eigenvalue weighted by Crippen LogP contribution is -2.23. The predicted octanol–water partition coefficient (Wildman–Crippen LogP) is 3.82. The first kappa shape index (κ1) is 16.6. The van der Waals surface area contributed by atoms with Crippen molar-refractivity contribution in [2.45, 2.75) is 45.6 Å². The van der Waals surface area contributed by atoms with Gasteiger partial charge in [-0.05, 0) is 25.0 Å². The monoisotopic (exact) mass is 320 g/mol. The lowest BCUT2D eigenvalue weighted by molar-refractivity contribution is 0.0532. The number of phenolic OH excluding ortho intramolecular Hbond substituents is 1. The highest BCUT2D eigenvalue weighted by Gasteiger charge is 2.32. The maximum absolute atomic E-state index is 12.1. The Bertz CT molecular complexity index is 614. The van der Waals surface area contributed by atoms with E-state index < -0.39 is 8.07 Å². The second-order valence-corrected chi connectivity index (χ2v) is 12.5. The van der Waals surface area contributed by atoms with E-state index in [2.05, 4.69) is 26.2 Å². The van der Waals surface area contributed by atoms with Crippen LogP contribution in [0.2, 0.25) is 25.7 Å². The summed E-state index contributed by atoms with van der Waals surface area (Å²) in [6, 6.07) is 0.985. The summed E-state index contributed by atoms with van der Waals surface area (Å²) in [5.41, 5.74) is 2.52. The van der Waals surface area contributed by atoms with Crippen LogP contribution in [0, 0.1) is 6.92 Å². The molecule has 1 aliphatic heterocycles. The summed E-state index contributed by atoms with van der Waals surface area (Å²) in [4.78, 5) is 12.1. The van der Waals surface area contributed by atoms with Crippen LogP contribution < -0.4 is 4.74 Å². The van der Waals surface area contributed by atoms with Crippen LogP contribution in [0.25, 0.3) is 0 Å². The van der Waals surface area contributed by atoms with Gasteiger partial charge in [0.1, 0.15) is 23.7 Å². The fourth-order valence-electron chi connectivity index (χ4n) is 2.51. The van der Waals surface area contributed by atoms with Crippen LogP contribution in [-0.4, -0.2) is 25.8 Å². The van der Waals surface area contributed by atoms with Crippen LogP contribution in [0.15, 0.2) is 12.7 Å². The smallest absolute Gasteiger partial charge is 0.342 e. The quantitative estimate of drug-likeness (QED) is 0.492. The molecular weight excluding hydrogens is 296 g/mol. The number of esters is 1. The van der Waals surface area contributed by atoms with Gasteiger partial charge in [0.2, 0.25) is 0 Å². The molecule has 0 saturated carbocycles. The third-order valence-corrected chi connectivity index (χ3v) is 5.60. The summed E-state index contributed by atoms with van der Waals surface area (Å²) in [6.45, 7) is 13.1. The van der Waals surface area contributed by atoms with Crippen LogP contribution in [0.5, 0.6) is 11.5 Å². The fourth-order valence-corrected chi connectivity index (χ4v) is 3.23. The molecule has 0 radical (unpaired) electrons. The first-order valence-corrected chi connectivity index (χ1v) is 11.2. The summed E-state index contributed by atoms with van der Waals surface area (Å²) in [6.07, 6.45) is 2.15. The predicted molar refractivity (Wildman–Crippen MR) is 89.5 cm³/mol. The maximum atomic E-state index is 12.1. The molecule has 1 N–H and O–H groups in total. The summed E-state index contributed by atoms with van der Waals surface area (Å²) in [5.74, 6) is 0.283. The minimum atomic E-state index is -1.24. The van der Waals surface area contributed by atoms with Crippen molar-refractivity contribution in [3.8, 4) is 11.5 Å². The highest BCUT2D eigenvalue weighted by Crippen LogP contribution is 2.42. The van der Waals surface area contributed by atoms with Gasteiger partial charge in [0.15, 0.2) is 0 Å². The van der Waals surface area contributed by atoms with Crippen molar-refractivity contribution in [1.82, 2.24) is 0 Å². The molecule has 0 fully saturated rings. The Morgan fingerprint density at radius 2 is 2.09 bits per heavy atom. The largest absolute Gasteiger partial charge is 0.507 e. The van der Waals surface area contributed by atoms with Gasteiger partial charge in [-0.1, -0.05) is 25.7 Å². The molecule has 2 rings (SSSR count). The van der Waals surface area contributed by atoms with Crippen LogP contribution in [-0.2, 0) is 17.8 Å². The van der Waals surface area contributed by atoms with Gasteiger partial charge in [-0.2, -0.15) is 0 Å². The van der Waals surface area contributed by atoms with E-state index in [4.69, 9.17) is 9.47 Å². The fraction of sp³-hybridized carbons (Fsp3) is 0.471. The zero-order valence-electron chi connectivity index (χ0n) is 13.8. The number of carbonyl (C=O) groups is 1. The number of cyclic esters (lactones) is 1. The van der Waals surface area contributed by atoms with Gasteiger partial charge in [-0.3, -0.25) is 0 Å². The van der Waals surface area contributed by atoms with Crippen molar-refractivity contribution in [2.24, 2.45) is 0 Å². The average Bonchev–Trinajstić information content (AvgIpc) is 2.80. The van der Waals surface area contributed by atoms with E-state index in [0.29, 0.717) is 35.5 Å². The maximum Gasteiger partial charge on any atom is 0.342 e. The second kappa shape index (κ2) is 6.16. The topological polar surface area (TPSA) is 55.8 Å². The van der Waals surface area contributed by atoms with Crippen LogP contribution in [0.1, 0.15) is 27.0 Å². The van der Waals surface area contributed by atoms with Crippen molar-refractivity contribution < 1.29 is 19.4 Å². The summed E-state index contributed by atoms with van der Waals surface area (Å²) in [5, 5.41) is 10.4. The average molecular weight is 320 g/mol. The standard InChI is InChI=1S/C17H24O4Si/c1-6-7-12-15(18)11(2)13-10-21-17(19)14(13)16(12)20-8-9-22(3,4)5/h6,18H,1,7-10H2,2-5H3. The number of phenols is 1. The molecule has 0 saturated heterocycles. The lowest BCUT2D eigenvalue weighted by Gasteiger charge is -2.20. The number of hydrogen-bond acceptors (Lipinski definition) is 4. The molecule has 0 bridgehead atoms. The van der Waals surface area contributed by atoms with E-state index in [1.165, 1.54) is 0 Å². The Morgan fingerprint density at radius 3 is 2.68 bits per heavy atom. The third kappa shape index (κ3) is 3.19. The molecule has 4 nitrogen and oxygen atoms in total. The van der Waals surface area contributed by atoms with Crippen LogP contribution >= 0.6 is 0 Å². The molecule has 1 aromatic carbocycles. The van der Waals surface area contributed by atoms with Crippen LogP contribution in [0.4, 0.5) is 0 Å². The molecule has 0 atom stereocenters. The number of allylic oxidation sites excluding steroid dienone is 1. The Balaban J connectivity index is 2.45. The van der Waals surface area contributed by atoms with Crippen LogP contribution in [0.3, 0.4) is 0 Å². The van der Waals surface area contributed by atoms with Crippen molar-refractivity contribution >= 4 is 14.0 Å². The number of ether oxygens (including phenoxy) is 2. The molecule has 0 aliphatic carbocycles. The summed E-state index contributed by atoms with van der Waals surface area (Å²) < 4.78 is 11.1. The molecule has 0 amide bonds. The number of carbonyl (C=O) groups excluding carboxylic acids is 1. The first-order chi connectivity index (χ1) is 10.3. The molecule has 1 aromatic rings. The molecule has 22 heavy (non-hydrogen) atoms. The van der Waals surface area contributed by atoms with Gasteiger partial charge in [-0.25, -0.2) is 4.79 Å². The van der Waals surface area contributed by atoms with Gasteiger partial charge in [0.05, 0.1) is 6.61 Å². The van der Waals surface area contributed by atoms with E-state index in [-0.39, 0.29) is 18.3 Å². The highest BCUT2D eigenvalue weighted by molar-refractivity contribution is 6.76. The van der Waals surface area contributed by atoms with Gasteiger partial charge < -0.3 is 14.6 Å². The van der Waals surface area contributed by atoms with E-state index in [1.54, 1.807) is 13.0 Å². The molecule has 0 unspecified atom stereocenters. The van der Waals surface area contributed by atoms with E-state index in [9.17, 15) is 9.90 Å². The Morgan fingerprint density at radius 1 is 1.41 bits per heavy atom. The van der Waals surface area contributed by atoms with E-state index in [0.717, 1.165) is 11.6 Å². The van der Waals surface area contributed by atoms with Gasteiger partial charge >= 0.3 is 5.97 Å². The minimum absolute atomic E-state index is 0.181. The Labute approximate surface area is 132 Å². The van der Waals surface area contributed by atoms with Gasteiger partial charge in [0, 0.05) is 19.2 Å². The number of fused-ring (bicyclic) bond motifs is 1. The minimum Gasteiger partial charge on any atom is -0.507 e. The van der Waals surface area contributed by atoms with Crippen molar-refractivity contribution in [3.05, 3.63) is 34.9 Å². The Hall–Kier alpha value is -1.75.